The minimum atomic E-state index is -3.42. The van der Waals surface area contributed by atoms with E-state index in [0.717, 1.165) is 37.7 Å². The van der Waals surface area contributed by atoms with Gasteiger partial charge in [-0.2, -0.15) is 4.31 Å². The molecule has 118 valence electrons. The molecular weight excluding hydrogens is 286 g/mol. The molecule has 2 rings (SSSR count). The van der Waals surface area contributed by atoms with Gasteiger partial charge in [0.2, 0.25) is 10.0 Å². The molecule has 1 aromatic carbocycles. The van der Waals surface area contributed by atoms with E-state index in [1.54, 1.807) is 19.2 Å². The fraction of sp³-hybridized carbons (Fsp3) is 0.625. The molecule has 0 radical (unpaired) electrons. The van der Waals surface area contributed by atoms with Gasteiger partial charge in [0, 0.05) is 19.7 Å². The van der Waals surface area contributed by atoms with Gasteiger partial charge in [-0.3, -0.25) is 0 Å². The summed E-state index contributed by atoms with van der Waals surface area (Å²) in [4.78, 5) is 0.367. The minimum Gasteiger partial charge on any atom is -0.396 e. The maximum absolute atomic E-state index is 12.7. The van der Waals surface area contributed by atoms with Crippen LogP contribution in [0.5, 0.6) is 0 Å². The second-order valence-electron chi connectivity index (χ2n) is 5.88. The first-order chi connectivity index (χ1) is 9.98. The van der Waals surface area contributed by atoms with Gasteiger partial charge in [0.25, 0.3) is 0 Å². The van der Waals surface area contributed by atoms with Crippen LogP contribution < -0.4 is 0 Å². The van der Waals surface area contributed by atoms with Crippen molar-refractivity contribution in [1.82, 2.24) is 4.31 Å². The maximum Gasteiger partial charge on any atom is 0.243 e. The normalized spacial score (nSPS) is 23.4. The molecule has 1 saturated carbocycles. The Morgan fingerprint density at radius 2 is 1.71 bits per heavy atom. The van der Waals surface area contributed by atoms with Crippen LogP contribution in [0.15, 0.2) is 29.2 Å². The van der Waals surface area contributed by atoms with Crippen LogP contribution >= 0.6 is 0 Å². The van der Waals surface area contributed by atoms with Crippen molar-refractivity contribution < 1.29 is 13.5 Å². The molecule has 1 aliphatic rings. The zero-order chi connectivity index (χ0) is 15.5. The SMILES string of the molecule is CCc1ccc(S(=O)(=O)N(C)C2CCC(CO)CC2)cc1. The van der Waals surface area contributed by atoms with Crippen LogP contribution in [0.2, 0.25) is 0 Å². The molecule has 1 fully saturated rings. The first-order valence-corrected chi connectivity index (χ1v) is 9.11. The molecule has 0 saturated heterocycles. The van der Waals surface area contributed by atoms with E-state index in [9.17, 15) is 13.5 Å². The highest BCUT2D eigenvalue weighted by atomic mass is 32.2. The average Bonchev–Trinajstić information content (AvgIpc) is 2.54. The molecule has 4 nitrogen and oxygen atoms in total. The van der Waals surface area contributed by atoms with E-state index in [0.29, 0.717) is 10.8 Å². The number of benzene rings is 1. The third kappa shape index (κ3) is 3.65. The highest BCUT2D eigenvalue weighted by Crippen LogP contribution is 2.29. The first-order valence-electron chi connectivity index (χ1n) is 7.66. The Morgan fingerprint density at radius 3 is 2.19 bits per heavy atom. The molecule has 0 spiro atoms. The van der Waals surface area contributed by atoms with Crippen molar-refractivity contribution in [2.75, 3.05) is 13.7 Å². The van der Waals surface area contributed by atoms with Crippen LogP contribution in [0, 0.1) is 5.92 Å². The van der Waals surface area contributed by atoms with E-state index < -0.39 is 10.0 Å². The van der Waals surface area contributed by atoms with Crippen LogP contribution in [0.25, 0.3) is 0 Å². The Kier molecular flexibility index (Phi) is 5.41. The Labute approximate surface area is 127 Å². The van der Waals surface area contributed by atoms with E-state index in [-0.39, 0.29) is 12.6 Å². The molecule has 0 aliphatic heterocycles. The third-order valence-corrected chi connectivity index (χ3v) is 6.52. The Morgan fingerprint density at radius 1 is 1.14 bits per heavy atom. The van der Waals surface area contributed by atoms with Gasteiger partial charge in [0.15, 0.2) is 0 Å². The Hall–Kier alpha value is -0.910. The summed E-state index contributed by atoms with van der Waals surface area (Å²) < 4.78 is 26.8. The van der Waals surface area contributed by atoms with E-state index >= 15 is 0 Å². The quantitative estimate of drug-likeness (QED) is 0.908. The lowest BCUT2D eigenvalue weighted by Gasteiger charge is -2.33. The predicted molar refractivity (Wildman–Crippen MR) is 83.6 cm³/mol. The number of aryl methyl sites for hydroxylation is 1. The Bertz CT molecular complexity index is 545. The summed E-state index contributed by atoms with van der Waals surface area (Å²) in [6.07, 6.45) is 4.36. The van der Waals surface area contributed by atoms with Crippen LogP contribution in [0.3, 0.4) is 0 Å². The Balaban J connectivity index is 2.11. The molecular formula is C16H25NO3S. The second-order valence-corrected chi connectivity index (χ2v) is 7.87. The fourth-order valence-corrected chi connectivity index (χ4v) is 4.37. The van der Waals surface area contributed by atoms with Crippen molar-refractivity contribution in [3.8, 4) is 0 Å². The molecule has 1 aromatic rings. The van der Waals surface area contributed by atoms with Gasteiger partial charge < -0.3 is 5.11 Å². The van der Waals surface area contributed by atoms with Crippen molar-refractivity contribution in [2.45, 2.75) is 50.0 Å². The standard InChI is InChI=1S/C16H25NO3S/c1-3-13-6-10-16(11-7-13)21(19,20)17(2)15-8-4-14(12-18)5-9-15/h6-7,10-11,14-15,18H,3-5,8-9,12H2,1-2H3. The van der Waals surface area contributed by atoms with Crippen molar-refractivity contribution in [3.05, 3.63) is 29.8 Å². The van der Waals surface area contributed by atoms with E-state index in [4.69, 9.17) is 0 Å². The summed E-state index contributed by atoms with van der Waals surface area (Å²) in [5, 5.41) is 9.17. The smallest absolute Gasteiger partial charge is 0.243 e. The molecule has 1 aliphatic carbocycles. The van der Waals surface area contributed by atoms with Crippen molar-refractivity contribution in [1.29, 1.82) is 0 Å². The van der Waals surface area contributed by atoms with Gasteiger partial charge in [-0.15, -0.1) is 0 Å². The monoisotopic (exact) mass is 311 g/mol. The lowest BCUT2D eigenvalue weighted by Crippen LogP contribution is -2.39. The van der Waals surface area contributed by atoms with E-state index in [1.807, 2.05) is 12.1 Å². The number of rotatable bonds is 5. The number of aliphatic hydroxyl groups is 1. The summed E-state index contributed by atoms with van der Waals surface area (Å²) in [5.74, 6) is 0.334. The van der Waals surface area contributed by atoms with Crippen LogP contribution in [-0.4, -0.2) is 37.5 Å². The van der Waals surface area contributed by atoms with Crippen molar-refractivity contribution in [2.24, 2.45) is 5.92 Å². The van der Waals surface area contributed by atoms with E-state index in [1.165, 1.54) is 4.31 Å². The number of hydrogen-bond donors (Lipinski definition) is 1. The fourth-order valence-electron chi connectivity index (χ4n) is 2.95. The number of hydrogen-bond acceptors (Lipinski definition) is 3. The summed E-state index contributed by atoms with van der Waals surface area (Å²) in [6, 6.07) is 7.20. The van der Waals surface area contributed by atoms with Crippen LogP contribution in [0.4, 0.5) is 0 Å². The highest BCUT2D eigenvalue weighted by molar-refractivity contribution is 7.89. The lowest BCUT2D eigenvalue weighted by atomic mass is 9.87. The topological polar surface area (TPSA) is 57.6 Å². The van der Waals surface area contributed by atoms with Crippen LogP contribution in [0.1, 0.15) is 38.2 Å². The number of nitrogens with zero attached hydrogens (tertiary/aromatic N) is 1. The van der Waals surface area contributed by atoms with Gasteiger partial charge >= 0.3 is 0 Å². The lowest BCUT2D eigenvalue weighted by molar-refractivity contribution is 0.159. The van der Waals surface area contributed by atoms with Crippen molar-refractivity contribution >= 4 is 10.0 Å². The molecule has 0 aromatic heterocycles. The van der Waals surface area contributed by atoms with Crippen molar-refractivity contribution in [3.63, 3.8) is 0 Å². The molecule has 0 atom stereocenters. The molecule has 0 bridgehead atoms. The number of sulfonamides is 1. The van der Waals surface area contributed by atoms with Gasteiger partial charge in [-0.1, -0.05) is 19.1 Å². The third-order valence-electron chi connectivity index (χ3n) is 4.60. The second kappa shape index (κ2) is 6.90. The molecule has 0 amide bonds. The summed E-state index contributed by atoms with van der Waals surface area (Å²) in [5.41, 5.74) is 1.14. The average molecular weight is 311 g/mol. The minimum absolute atomic E-state index is 0.0450. The number of aliphatic hydroxyl groups excluding tert-OH is 1. The molecule has 21 heavy (non-hydrogen) atoms. The summed E-state index contributed by atoms with van der Waals surface area (Å²) in [7, 11) is -1.74. The van der Waals surface area contributed by atoms with Gasteiger partial charge in [-0.05, 0) is 55.7 Å². The zero-order valence-corrected chi connectivity index (χ0v) is 13.6. The predicted octanol–water partition coefficient (Wildman–Crippen LogP) is 2.42. The van der Waals surface area contributed by atoms with E-state index in [2.05, 4.69) is 6.92 Å². The summed E-state index contributed by atoms with van der Waals surface area (Å²) >= 11 is 0. The maximum atomic E-state index is 12.7. The summed E-state index contributed by atoms with van der Waals surface area (Å²) in [6.45, 7) is 2.26. The molecule has 5 heteroatoms. The van der Waals surface area contributed by atoms with Crippen LogP contribution in [-0.2, 0) is 16.4 Å². The largest absolute Gasteiger partial charge is 0.396 e. The molecule has 1 N–H and O–H groups in total. The van der Waals surface area contributed by atoms with Gasteiger partial charge in [-0.25, -0.2) is 8.42 Å². The molecule has 0 heterocycles. The van der Waals surface area contributed by atoms with Gasteiger partial charge in [0.05, 0.1) is 4.90 Å². The molecule has 0 unspecified atom stereocenters. The van der Waals surface area contributed by atoms with Gasteiger partial charge in [0.1, 0.15) is 0 Å². The first kappa shape index (κ1) is 16.5. The highest BCUT2D eigenvalue weighted by Gasteiger charge is 2.31. The zero-order valence-electron chi connectivity index (χ0n) is 12.8.